The highest BCUT2D eigenvalue weighted by Crippen LogP contribution is 2.39. The molecule has 1 aromatic rings. The monoisotopic (exact) mass is 234 g/mol. The predicted octanol–water partition coefficient (Wildman–Crippen LogP) is 2.31. The maximum atomic E-state index is 5.86. The summed E-state index contributed by atoms with van der Waals surface area (Å²) >= 11 is 0. The summed E-state index contributed by atoms with van der Waals surface area (Å²) in [4.78, 5) is 0. The SMILES string of the molecule is CCOC(C1CC1)C(NN)c1ccc(C)cc1. The molecule has 0 aromatic heterocycles. The van der Waals surface area contributed by atoms with Crippen LogP contribution in [0.4, 0.5) is 0 Å². The summed E-state index contributed by atoms with van der Waals surface area (Å²) in [5.41, 5.74) is 5.40. The number of hydrazine groups is 1. The molecule has 0 bridgehead atoms. The Hall–Kier alpha value is -0.900. The van der Waals surface area contributed by atoms with Crippen LogP contribution in [0.2, 0.25) is 0 Å². The summed E-state index contributed by atoms with van der Waals surface area (Å²) in [5.74, 6) is 6.37. The zero-order valence-corrected chi connectivity index (χ0v) is 10.6. The number of rotatable bonds is 6. The van der Waals surface area contributed by atoms with Crippen molar-refractivity contribution in [3.05, 3.63) is 35.4 Å². The van der Waals surface area contributed by atoms with Crippen LogP contribution in [0, 0.1) is 12.8 Å². The highest BCUT2D eigenvalue weighted by Gasteiger charge is 2.37. The van der Waals surface area contributed by atoms with Gasteiger partial charge in [0.05, 0.1) is 12.1 Å². The van der Waals surface area contributed by atoms with E-state index in [1.54, 1.807) is 0 Å². The first-order valence-electron chi connectivity index (χ1n) is 6.40. The summed E-state index contributed by atoms with van der Waals surface area (Å²) in [6.07, 6.45) is 2.72. The van der Waals surface area contributed by atoms with Crippen LogP contribution in [-0.2, 0) is 4.74 Å². The van der Waals surface area contributed by atoms with E-state index in [0.717, 1.165) is 6.61 Å². The molecule has 0 radical (unpaired) electrons. The third-order valence-electron chi connectivity index (χ3n) is 3.39. The van der Waals surface area contributed by atoms with Gasteiger partial charge in [-0.3, -0.25) is 11.3 Å². The van der Waals surface area contributed by atoms with Crippen molar-refractivity contribution in [2.75, 3.05) is 6.61 Å². The lowest BCUT2D eigenvalue weighted by molar-refractivity contribution is 0.0185. The van der Waals surface area contributed by atoms with Gasteiger partial charge in [-0.05, 0) is 38.2 Å². The number of ether oxygens (including phenoxy) is 1. The molecule has 3 N–H and O–H groups in total. The van der Waals surface area contributed by atoms with Crippen molar-refractivity contribution in [3.8, 4) is 0 Å². The second-order valence-electron chi connectivity index (χ2n) is 4.81. The molecule has 0 saturated heterocycles. The molecule has 17 heavy (non-hydrogen) atoms. The van der Waals surface area contributed by atoms with Crippen molar-refractivity contribution in [3.63, 3.8) is 0 Å². The van der Waals surface area contributed by atoms with Gasteiger partial charge in [0.15, 0.2) is 0 Å². The molecule has 2 rings (SSSR count). The minimum Gasteiger partial charge on any atom is -0.376 e. The van der Waals surface area contributed by atoms with Gasteiger partial charge in [-0.2, -0.15) is 0 Å². The fourth-order valence-electron chi connectivity index (χ4n) is 2.28. The third-order valence-corrected chi connectivity index (χ3v) is 3.39. The number of nitrogens with one attached hydrogen (secondary N) is 1. The fraction of sp³-hybridized carbons (Fsp3) is 0.571. The number of nitrogens with two attached hydrogens (primary N) is 1. The van der Waals surface area contributed by atoms with Gasteiger partial charge >= 0.3 is 0 Å². The van der Waals surface area contributed by atoms with Crippen molar-refractivity contribution < 1.29 is 4.74 Å². The summed E-state index contributed by atoms with van der Waals surface area (Å²) in [6.45, 7) is 4.87. The van der Waals surface area contributed by atoms with Crippen LogP contribution in [-0.4, -0.2) is 12.7 Å². The van der Waals surface area contributed by atoms with Crippen LogP contribution in [0.15, 0.2) is 24.3 Å². The molecular weight excluding hydrogens is 212 g/mol. The van der Waals surface area contributed by atoms with Gasteiger partial charge in [-0.15, -0.1) is 0 Å². The van der Waals surface area contributed by atoms with Crippen LogP contribution in [0.25, 0.3) is 0 Å². The Morgan fingerprint density at radius 3 is 2.47 bits per heavy atom. The minimum atomic E-state index is 0.100. The van der Waals surface area contributed by atoms with Crippen molar-refractivity contribution in [1.82, 2.24) is 5.43 Å². The summed E-state index contributed by atoms with van der Waals surface area (Å²) < 4.78 is 5.86. The first kappa shape index (κ1) is 12.6. The largest absolute Gasteiger partial charge is 0.376 e. The average Bonchev–Trinajstić information content (AvgIpc) is 3.15. The number of aryl methyl sites for hydroxylation is 1. The van der Waals surface area contributed by atoms with E-state index in [0.29, 0.717) is 5.92 Å². The van der Waals surface area contributed by atoms with Crippen LogP contribution < -0.4 is 11.3 Å². The molecule has 1 fully saturated rings. The Labute approximate surface area is 103 Å². The average molecular weight is 234 g/mol. The molecule has 1 aliphatic carbocycles. The minimum absolute atomic E-state index is 0.100. The third kappa shape index (κ3) is 3.06. The zero-order valence-electron chi connectivity index (χ0n) is 10.6. The van der Waals surface area contributed by atoms with Gasteiger partial charge in [0.2, 0.25) is 0 Å². The van der Waals surface area contributed by atoms with Gasteiger partial charge in [-0.25, -0.2) is 0 Å². The maximum absolute atomic E-state index is 5.86. The molecule has 1 saturated carbocycles. The lowest BCUT2D eigenvalue weighted by atomic mass is 9.98. The van der Waals surface area contributed by atoms with E-state index >= 15 is 0 Å². The molecule has 2 unspecified atom stereocenters. The summed E-state index contributed by atoms with van der Waals surface area (Å²) in [7, 11) is 0. The van der Waals surface area contributed by atoms with E-state index in [-0.39, 0.29) is 12.1 Å². The van der Waals surface area contributed by atoms with Crippen LogP contribution in [0.5, 0.6) is 0 Å². The first-order chi connectivity index (χ1) is 8.26. The zero-order chi connectivity index (χ0) is 12.3. The van der Waals surface area contributed by atoms with Crippen molar-refractivity contribution in [2.45, 2.75) is 38.8 Å². The molecule has 94 valence electrons. The Balaban J connectivity index is 2.15. The topological polar surface area (TPSA) is 47.3 Å². The number of hydrogen-bond donors (Lipinski definition) is 2. The van der Waals surface area contributed by atoms with E-state index in [1.807, 2.05) is 6.92 Å². The van der Waals surface area contributed by atoms with Crippen molar-refractivity contribution >= 4 is 0 Å². The standard InChI is InChI=1S/C14H22N2O/c1-3-17-14(12-8-9-12)13(16-15)11-6-4-10(2)5-7-11/h4-7,12-14,16H,3,8-9,15H2,1-2H3. The maximum Gasteiger partial charge on any atom is 0.0810 e. The fourth-order valence-corrected chi connectivity index (χ4v) is 2.28. The molecule has 3 heteroatoms. The van der Waals surface area contributed by atoms with Gasteiger partial charge in [-0.1, -0.05) is 29.8 Å². The van der Waals surface area contributed by atoms with Gasteiger partial charge < -0.3 is 4.74 Å². The second-order valence-corrected chi connectivity index (χ2v) is 4.81. The Morgan fingerprint density at radius 1 is 1.35 bits per heavy atom. The van der Waals surface area contributed by atoms with Gasteiger partial charge in [0, 0.05) is 6.61 Å². The molecule has 0 heterocycles. The van der Waals surface area contributed by atoms with Crippen LogP contribution in [0.1, 0.15) is 36.9 Å². The molecule has 1 aliphatic rings. The van der Waals surface area contributed by atoms with Gasteiger partial charge in [0.1, 0.15) is 0 Å². The van der Waals surface area contributed by atoms with E-state index in [9.17, 15) is 0 Å². The predicted molar refractivity (Wildman–Crippen MR) is 69.4 cm³/mol. The summed E-state index contributed by atoms with van der Waals surface area (Å²) in [6, 6.07) is 8.61. The lowest BCUT2D eigenvalue weighted by Crippen LogP contribution is -2.39. The van der Waals surface area contributed by atoms with E-state index in [2.05, 4.69) is 36.6 Å². The van der Waals surface area contributed by atoms with E-state index in [4.69, 9.17) is 10.6 Å². The smallest absolute Gasteiger partial charge is 0.0810 e. The Kier molecular flexibility index (Phi) is 4.15. The van der Waals surface area contributed by atoms with Crippen LogP contribution >= 0.6 is 0 Å². The van der Waals surface area contributed by atoms with E-state index < -0.39 is 0 Å². The normalized spacial score (nSPS) is 19.0. The molecule has 0 amide bonds. The van der Waals surface area contributed by atoms with Crippen molar-refractivity contribution in [2.24, 2.45) is 11.8 Å². The molecule has 0 spiro atoms. The van der Waals surface area contributed by atoms with Crippen LogP contribution in [0.3, 0.4) is 0 Å². The second kappa shape index (κ2) is 5.63. The highest BCUT2D eigenvalue weighted by atomic mass is 16.5. The number of hydrogen-bond acceptors (Lipinski definition) is 3. The Morgan fingerprint density at radius 2 is 2.00 bits per heavy atom. The summed E-state index contributed by atoms with van der Waals surface area (Å²) in [5, 5.41) is 0. The molecule has 0 aliphatic heterocycles. The molecule has 3 nitrogen and oxygen atoms in total. The number of benzene rings is 1. The quantitative estimate of drug-likeness (QED) is 0.586. The highest BCUT2D eigenvalue weighted by molar-refractivity contribution is 5.25. The Bertz CT molecular complexity index is 346. The molecule has 2 atom stereocenters. The first-order valence-corrected chi connectivity index (χ1v) is 6.40. The molecule has 1 aromatic carbocycles. The van der Waals surface area contributed by atoms with Gasteiger partial charge in [0.25, 0.3) is 0 Å². The van der Waals surface area contributed by atoms with Crippen molar-refractivity contribution in [1.29, 1.82) is 0 Å². The lowest BCUT2D eigenvalue weighted by Gasteiger charge is -2.27. The molecular formula is C14H22N2O. The van der Waals surface area contributed by atoms with E-state index in [1.165, 1.54) is 24.0 Å².